The summed E-state index contributed by atoms with van der Waals surface area (Å²) in [5.74, 6) is 0. The average Bonchev–Trinajstić information content (AvgIpc) is 2.47. The highest BCUT2D eigenvalue weighted by atomic mass is 19.4. The Morgan fingerprint density at radius 1 is 1.36 bits per heavy atom. The molecule has 0 radical (unpaired) electrons. The zero-order valence-corrected chi connectivity index (χ0v) is 7.65. The zero-order valence-electron chi connectivity index (χ0n) is 7.65. The van der Waals surface area contributed by atoms with Crippen LogP contribution in [0.1, 0.15) is 22.7 Å². The summed E-state index contributed by atoms with van der Waals surface area (Å²) in [6.07, 6.45) is -4.20. The third kappa shape index (κ3) is 1.39. The third-order valence-electron chi connectivity index (χ3n) is 2.53. The normalized spacial score (nSPS) is 21.0. The molecule has 1 aliphatic rings. The predicted octanol–water partition coefficient (Wildman–Crippen LogP) is 2.70. The fraction of sp³-hybridized carbons (Fsp3) is 0.400. The van der Waals surface area contributed by atoms with Crippen molar-refractivity contribution in [1.82, 2.24) is 5.32 Å². The van der Waals surface area contributed by atoms with Crippen molar-refractivity contribution in [3.8, 4) is 0 Å². The molecule has 1 atom stereocenters. The lowest BCUT2D eigenvalue weighted by Gasteiger charge is -2.17. The highest BCUT2D eigenvalue weighted by Crippen LogP contribution is 2.39. The SMILES string of the molecule is Cc1cccc2c1[C@H](C(F)(F)F)NC2. The van der Waals surface area contributed by atoms with E-state index in [4.69, 9.17) is 0 Å². The van der Waals surface area contributed by atoms with Crippen LogP contribution in [0, 0.1) is 6.92 Å². The molecule has 0 spiro atoms. The Hall–Kier alpha value is -1.03. The summed E-state index contributed by atoms with van der Waals surface area (Å²) in [6, 6.07) is 3.75. The summed E-state index contributed by atoms with van der Waals surface area (Å²) in [5.41, 5.74) is 1.86. The van der Waals surface area contributed by atoms with Gasteiger partial charge < -0.3 is 0 Å². The summed E-state index contributed by atoms with van der Waals surface area (Å²) in [6.45, 7) is 2.02. The van der Waals surface area contributed by atoms with E-state index in [1.165, 1.54) is 0 Å². The van der Waals surface area contributed by atoms with Gasteiger partial charge in [0, 0.05) is 6.54 Å². The van der Waals surface area contributed by atoms with Crippen LogP contribution in [-0.4, -0.2) is 6.18 Å². The Labute approximate surface area is 79.9 Å². The Bertz CT molecular complexity index is 357. The molecule has 14 heavy (non-hydrogen) atoms. The summed E-state index contributed by atoms with van der Waals surface area (Å²) in [5, 5.41) is 2.48. The topological polar surface area (TPSA) is 12.0 Å². The Morgan fingerprint density at radius 3 is 2.71 bits per heavy atom. The first-order valence-electron chi connectivity index (χ1n) is 4.38. The molecule has 76 valence electrons. The molecule has 0 aliphatic carbocycles. The Balaban J connectivity index is 2.48. The maximum atomic E-state index is 12.6. The molecule has 1 aliphatic heterocycles. The lowest BCUT2D eigenvalue weighted by Crippen LogP contribution is -2.29. The van der Waals surface area contributed by atoms with Crippen LogP contribution in [0.3, 0.4) is 0 Å². The minimum Gasteiger partial charge on any atom is -0.298 e. The van der Waals surface area contributed by atoms with E-state index in [0.29, 0.717) is 17.7 Å². The molecule has 0 saturated heterocycles. The van der Waals surface area contributed by atoms with Crippen LogP contribution in [0.5, 0.6) is 0 Å². The Kier molecular flexibility index (Phi) is 2.03. The second kappa shape index (κ2) is 2.98. The molecule has 2 rings (SSSR count). The van der Waals surface area contributed by atoms with Gasteiger partial charge in [0.2, 0.25) is 0 Å². The second-order valence-corrected chi connectivity index (χ2v) is 3.50. The molecule has 1 aromatic rings. The maximum Gasteiger partial charge on any atom is 0.407 e. The molecule has 4 heteroatoms. The van der Waals surface area contributed by atoms with Crippen molar-refractivity contribution in [1.29, 1.82) is 0 Å². The Morgan fingerprint density at radius 2 is 2.07 bits per heavy atom. The number of halogens is 3. The maximum absolute atomic E-state index is 12.6. The summed E-state index contributed by atoms with van der Waals surface area (Å²) in [4.78, 5) is 0. The van der Waals surface area contributed by atoms with E-state index >= 15 is 0 Å². The number of hydrogen-bond acceptors (Lipinski definition) is 1. The monoisotopic (exact) mass is 201 g/mol. The van der Waals surface area contributed by atoms with Gasteiger partial charge in [0.25, 0.3) is 0 Å². The first kappa shape index (κ1) is 9.52. The van der Waals surface area contributed by atoms with Crippen LogP contribution in [-0.2, 0) is 6.54 Å². The van der Waals surface area contributed by atoms with Crippen molar-refractivity contribution >= 4 is 0 Å². The van der Waals surface area contributed by atoms with Gasteiger partial charge in [-0.15, -0.1) is 0 Å². The molecule has 1 aromatic carbocycles. The van der Waals surface area contributed by atoms with E-state index in [0.717, 1.165) is 5.56 Å². The minimum atomic E-state index is -4.20. The van der Waals surface area contributed by atoms with Gasteiger partial charge in [-0.25, -0.2) is 0 Å². The van der Waals surface area contributed by atoms with Crippen LogP contribution in [0.4, 0.5) is 13.2 Å². The molecule has 1 nitrogen and oxygen atoms in total. The average molecular weight is 201 g/mol. The third-order valence-corrected chi connectivity index (χ3v) is 2.53. The smallest absolute Gasteiger partial charge is 0.298 e. The van der Waals surface area contributed by atoms with Crippen molar-refractivity contribution in [2.75, 3.05) is 0 Å². The second-order valence-electron chi connectivity index (χ2n) is 3.50. The standard InChI is InChI=1S/C10H10F3N/c1-6-3-2-4-7-5-14-9(8(6)7)10(11,12)13/h2-4,9,14H,5H2,1H3/t9-/m1/s1. The quantitative estimate of drug-likeness (QED) is 0.680. The number of fused-ring (bicyclic) bond motifs is 1. The molecule has 0 fully saturated rings. The fourth-order valence-electron chi connectivity index (χ4n) is 1.90. The van der Waals surface area contributed by atoms with Crippen LogP contribution in [0.2, 0.25) is 0 Å². The largest absolute Gasteiger partial charge is 0.407 e. The van der Waals surface area contributed by atoms with E-state index in [2.05, 4.69) is 5.32 Å². The van der Waals surface area contributed by atoms with Gasteiger partial charge in [-0.05, 0) is 23.6 Å². The lowest BCUT2D eigenvalue weighted by atomic mass is 9.99. The van der Waals surface area contributed by atoms with Crippen LogP contribution < -0.4 is 5.32 Å². The molecule has 1 heterocycles. The predicted molar refractivity (Wildman–Crippen MR) is 46.8 cm³/mol. The fourth-order valence-corrected chi connectivity index (χ4v) is 1.90. The van der Waals surface area contributed by atoms with Crippen molar-refractivity contribution in [2.45, 2.75) is 25.7 Å². The van der Waals surface area contributed by atoms with Gasteiger partial charge >= 0.3 is 6.18 Å². The first-order valence-corrected chi connectivity index (χ1v) is 4.38. The molecule has 0 amide bonds. The molecule has 1 N–H and O–H groups in total. The minimum absolute atomic E-state index is 0.307. The van der Waals surface area contributed by atoms with Crippen molar-refractivity contribution in [3.05, 3.63) is 34.9 Å². The van der Waals surface area contributed by atoms with Gasteiger partial charge in [0.05, 0.1) is 0 Å². The number of aryl methyl sites for hydroxylation is 1. The zero-order chi connectivity index (χ0) is 10.3. The summed E-state index contributed by atoms with van der Waals surface area (Å²) in [7, 11) is 0. The van der Waals surface area contributed by atoms with Gasteiger partial charge in [-0.2, -0.15) is 13.2 Å². The van der Waals surface area contributed by atoms with E-state index in [-0.39, 0.29) is 0 Å². The van der Waals surface area contributed by atoms with Crippen LogP contribution in [0.25, 0.3) is 0 Å². The molecule has 0 bridgehead atoms. The summed E-state index contributed by atoms with van der Waals surface area (Å²) < 4.78 is 37.7. The number of rotatable bonds is 0. The number of benzene rings is 1. The number of nitrogens with one attached hydrogen (secondary N) is 1. The van der Waals surface area contributed by atoms with Crippen LogP contribution in [0.15, 0.2) is 18.2 Å². The van der Waals surface area contributed by atoms with Crippen molar-refractivity contribution in [2.24, 2.45) is 0 Å². The molecule has 0 saturated carbocycles. The summed E-state index contributed by atoms with van der Waals surface area (Å²) >= 11 is 0. The van der Waals surface area contributed by atoms with E-state index in [1.54, 1.807) is 25.1 Å². The van der Waals surface area contributed by atoms with E-state index in [1.807, 2.05) is 0 Å². The first-order chi connectivity index (χ1) is 6.50. The van der Waals surface area contributed by atoms with E-state index < -0.39 is 12.2 Å². The molecular weight excluding hydrogens is 191 g/mol. The number of hydrogen-bond donors (Lipinski definition) is 1. The van der Waals surface area contributed by atoms with Crippen molar-refractivity contribution in [3.63, 3.8) is 0 Å². The number of alkyl halides is 3. The molecular formula is C10H10F3N. The highest BCUT2D eigenvalue weighted by Gasteiger charge is 2.44. The van der Waals surface area contributed by atoms with Gasteiger partial charge in [-0.1, -0.05) is 18.2 Å². The van der Waals surface area contributed by atoms with Gasteiger partial charge in [-0.3, -0.25) is 5.32 Å². The lowest BCUT2D eigenvalue weighted by molar-refractivity contribution is -0.155. The molecule has 0 unspecified atom stereocenters. The van der Waals surface area contributed by atoms with E-state index in [9.17, 15) is 13.2 Å². The van der Waals surface area contributed by atoms with Crippen molar-refractivity contribution < 1.29 is 13.2 Å². The molecule has 0 aromatic heterocycles. The highest BCUT2D eigenvalue weighted by molar-refractivity contribution is 5.40. The van der Waals surface area contributed by atoms with Gasteiger partial charge in [0.15, 0.2) is 0 Å². The van der Waals surface area contributed by atoms with Crippen LogP contribution >= 0.6 is 0 Å². The van der Waals surface area contributed by atoms with Gasteiger partial charge in [0.1, 0.15) is 6.04 Å².